The molecule has 1 saturated carbocycles. The van der Waals surface area contributed by atoms with Crippen LogP contribution in [0.1, 0.15) is 32.6 Å². The van der Waals surface area contributed by atoms with Crippen molar-refractivity contribution < 1.29 is 4.74 Å². The zero-order chi connectivity index (χ0) is 10.5. The van der Waals surface area contributed by atoms with Crippen LogP contribution >= 0.6 is 11.8 Å². The standard InChI is InChI=1S/C12H23NOS/c1-2-15-12-5-3-4-11(12)13-8-10-6-7-14-9-10/h10-13H,2-9H2,1H3. The highest BCUT2D eigenvalue weighted by atomic mass is 32.2. The molecular weight excluding hydrogens is 206 g/mol. The van der Waals surface area contributed by atoms with Crippen molar-refractivity contribution in [2.24, 2.45) is 5.92 Å². The molecule has 3 unspecified atom stereocenters. The van der Waals surface area contributed by atoms with Gasteiger partial charge in [0.25, 0.3) is 0 Å². The van der Waals surface area contributed by atoms with E-state index in [4.69, 9.17) is 4.74 Å². The fourth-order valence-electron chi connectivity index (χ4n) is 2.64. The van der Waals surface area contributed by atoms with Gasteiger partial charge in [-0.05, 0) is 30.9 Å². The van der Waals surface area contributed by atoms with Crippen LogP contribution in [0, 0.1) is 5.92 Å². The van der Waals surface area contributed by atoms with Crippen molar-refractivity contribution in [1.29, 1.82) is 0 Å². The van der Waals surface area contributed by atoms with Gasteiger partial charge in [0, 0.05) is 24.4 Å². The summed E-state index contributed by atoms with van der Waals surface area (Å²) in [6.45, 7) is 5.39. The highest BCUT2D eigenvalue weighted by Gasteiger charge is 2.27. The number of thioether (sulfide) groups is 1. The second kappa shape index (κ2) is 6.12. The minimum absolute atomic E-state index is 0.774. The van der Waals surface area contributed by atoms with Crippen LogP contribution < -0.4 is 5.32 Å². The van der Waals surface area contributed by atoms with Crippen LogP contribution in [0.4, 0.5) is 0 Å². The maximum Gasteiger partial charge on any atom is 0.0507 e. The smallest absolute Gasteiger partial charge is 0.0507 e. The van der Waals surface area contributed by atoms with Gasteiger partial charge in [0.1, 0.15) is 0 Å². The Balaban J connectivity index is 1.68. The van der Waals surface area contributed by atoms with E-state index in [-0.39, 0.29) is 0 Å². The molecule has 0 spiro atoms. The van der Waals surface area contributed by atoms with Crippen LogP contribution in [0.3, 0.4) is 0 Å². The zero-order valence-corrected chi connectivity index (χ0v) is 10.5. The lowest BCUT2D eigenvalue weighted by molar-refractivity contribution is 0.184. The Morgan fingerprint density at radius 2 is 2.27 bits per heavy atom. The molecule has 1 saturated heterocycles. The molecule has 0 bridgehead atoms. The van der Waals surface area contributed by atoms with Gasteiger partial charge in [0.15, 0.2) is 0 Å². The first-order valence-corrected chi connectivity index (χ1v) is 7.37. The van der Waals surface area contributed by atoms with Crippen molar-refractivity contribution in [2.75, 3.05) is 25.5 Å². The fourth-order valence-corrected chi connectivity index (χ4v) is 3.86. The van der Waals surface area contributed by atoms with E-state index in [0.29, 0.717) is 0 Å². The first kappa shape index (κ1) is 11.7. The maximum absolute atomic E-state index is 5.40. The van der Waals surface area contributed by atoms with Crippen LogP contribution in [0.2, 0.25) is 0 Å². The Morgan fingerprint density at radius 1 is 1.33 bits per heavy atom. The highest BCUT2D eigenvalue weighted by Crippen LogP contribution is 2.30. The first-order valence-electron chi connectivity index (χ1n) is 6.33. The summed E-state index contributed by atoms with van der Waals surface area (Å²) in [6.07, 6.45) is 5.46. The van der Waals surface area contributed by atoms with Gasteiger partial charge in [-0.25, -0.2) is 0 Å². The lowest BCUT2D eigenvalue weighted by Gasteiger charge is -2.21. The molecule has 0 amide bonds. The Hall–Kier alpha value is 0.270. The monoisotopic (exact) mass is 229 g/mol. The van der Waals surface area contributed by atoms with E-state index < -0.39 is 0 Å². The van der Waals surface area contributed by atoms with Gasteiger partial charge >= 0.3 is 0 Å². The average molecular weight is 229 g/mol. The van der Waals surface area contributed by atoms with E-state index in [9.17, 15) is 0 Å². The molecule has 0 aromatic carbocycles. The molecule has 2 aliphatic rings. The molecule has 1 heterocycles. The van der Waals surface area contributed by atoms with Crippen LogP contribution in [-0.4, -0.2) is 36.8 Å². The van der Waals surface area contributed by atoms with E-state index in [2.05, 4.69) is 24.0 Å². The van der Waals surface area contributed by atoms with Gasteiger partial charge in [-0.1, -0.05) is 13.3 Å². The number of rotatable bonds is 5. The molecule has 0 radical (unpaired) electrons. The van der Waals surface area contributed by atoms with E-state index >= 15 is 0 Å². The summed E-state index contributed by atoms with van der Waals surface area (Å²) < 4.78 is 5.40. The lowest BCUT2D eigenvalue weighted by Crippen LogP contribution is -2.37. The summed E-state index contributed by atoms with van der Waals surface area (Å²) in [5, 5.41) is 4.63. The Labute approximate surface area is 97.5 Å². The number of hydrogen-bond acceptors (Lipinski definition) is 3. The molecule has 2 rings (SSSR count). The molecule has 1 N–H and O–H groups in total. The van der Waals surface area contributed by atoms with E-state index in [1.54, 1.807) is 0 Å². The topological polar surface area (TPSA) is 21.3 Å². The normalized spacial score (nSPS) is 36.2. The van der Waals surface area contributed by atoms with E-state index in [1.807, 2.05) is 0 Å². The maximum atomic E-state index is 5.40. The Morgan fingerprint density at radius 3 is 3.00 bits per heavy atom. The third-order valence-electron chi connectivity index (χ3n) is 3.53. The predicted octanol–water partition coefficient (Wildman–Crippen LogP) is 2.29. The Bertz CT molecular complexity index is 182. The molecular formula is C12H23NOS. The summed E-state index contributed by atoms with van der Waals surface area (Å²) in [7, 11) is 0. The molecule has 88 valence electrons. The molecule has 1 aliphatic carbocycles. The van der Waals surface area contributed by atoms with Gasteiger partial charge in [-0.2, -0.15) is 11.8 Å². The number of hydrogen-bond donors (Lipinski definition) is 1. The first-order chi connectivity index (χ1) is 7.40. The highest BCUT2D eigenvalue weighted by molar-refractivity contribution is 7.99. The summed E-state index contributed by atoms with van der Waals surface area (Å²) in [6, 6.07) is 0.774. The van der Waals surface area contributed by atoms with Crippen molar-refractivity contribution >= 4 is 11.8 Å². The SMILES string of the molecule is CCSC1CCCC1NCC1CCOC1. The van der Waals surface area contributed by atoms with Crippen molar-refractivity contribution in [3.63, 3.8) is 0 Å². The third kappa shape index (κ3) is 3.36. The Kier molecular flexibility index (Phi) is 4.79. The second-order valence-electron chi connectivity index (χ2n) is 4.67. The molecule has 3 heteroatoms. The second-order valence-corrected chi connectivity index (χ2v) is 6.19. The molecule has 3 atom stereocenters. The number of ether oxygens (including phenoxy) is 1. The predicted molar refractivity (Wildman–Crippen MR) is 66.5 cm³/mol. The minimum atomic E-state index is 0.774. The lowest BCUT2D eigenvalue weighted by atomic mass is 10.1. The van der Waals surface area contributed by atoms with Crippen LogP contribution in [0.5, 0.6) is 0 Å². The average Bonchev–Trinajstić information content (AvgIpc) is 2.85. The van der Waals surface area contributed by atoms with Crippen molar-refractivity contribution in [3.05, 3.63) is 0 Å². The quantitative estimate of drug-likeness (QED) is 0.781. The zero-order valence-electron chi connectivity index (χ0n) is 9.71. The number of nitrogens with one attached hydrogen (secondary N) is 1. The van der Waals surface area contributed by atoms with Crippen molar-refractivity contribution in [2.45, 2.75) is 43.9 Å². The summed E-state index contributed by atoms with van der Waals surface area (Å²) >= 11 is 2.14. The summed E-state index contributed by atoms with van der Waals surface area (Å²) in [5.74, 6) is 2.04. The van der Waals surface area contributed by atoms with Gasteiger partial charge in [0.05, 0.1) is 6.61 Å². The van der Waals surface area contributed by atoms with Gasteiger partial charge in [0.2, 0.25) is 0 Å². The van der Waals surface area contributed by atoms with Crippen LogP contribution in [-0.2, 0) is 4.74 Å². The van der Waals surface area contributed by atoms with E-state index in [1.165, 1.54) is 38.0 Å². The summed E-state index contributed by atoms with van der Waals surface area (Å²) in [5.41, 5.74) is 0. The summed E-state index contributed by atoms with van der Waals surface area (Å²) in [4.78, 5) is 0. The van der Waals surface area contributed by atoms with Gasteiger partial charge in [-0.15, -0.1) is 0 Å². The molecule has 15 heavy (non-hydrogen) atoms. The van der Waals surface area contributed by atoms with Crippen LogP contribution in [0.15, 0.2) is 0 Å². The molecule has 0 aromatic rings. The largest absolute Gasteiger partial charge is 0.381 e. The van der Waals surface area contributed by atoms with Crippen molar-refractivity contribution in [1.82, 2.24) is 5.32 Å². The fraction of sp³-hybridized carbons (Fsp3) is 1.00. The molecule has 0 aromatic heterocycles. The molecule has 1 aliphatic heterocycles. The van der Waals surface area contributed by atoms with Crippen LogP contribution in [0.25, 0.3) is 0 Å². The van der Waals surface area contributed by atoms with Gasteiger partial charge in [-0.3, -0.25) is 0 Å². The molecule has 2 fully saturated rings. The van der Waals surface area contributed by atoms with Gasteiger partial charge < -0.3 is 10.1 Å². The van der Waals surface area contributed by atoms with Crippen molar-refractivity contribution in [3.8, 4) is 0 Å². The minimum Gasteiger partial charge on any atom is -0.381 e. The van der Waals surface area contributed by atoms with E-state index in [0.717, 1.165) is 30.4 Å². The molecule has 2 nitrogen and oxygen atoms in total. The third-order valence-corrected chi connectivity index (χ3v) is 4.85.